The summed E-state index contributed by atoms with van der Waals surface area (Å²) >= 11 is 6.03. The molecule has 2 aliphatic rings. The molecule has 2 saturated heterocycles. The molecule has 1 amide bonds. The van der Waals surface area contributed by atoms with Crippen molar-refractivity contribution in [2.24, 2.45) is 5.73 Å². The number of hydrogen-bond acceptors (Lipinski definition) is 3. The zero-order chi connectivity index (χ0) is 14.2. The Morgan fingerprint density at radius 1 is 1.40 bits per heavy atom. The van der Waals surface area contributed by atoms with Crippen LogP contribution in [-0.2, 0) is 4.79 Å². The lowest BCUT2D eigenvalue weighted by Gasteiger charge is -2.39. The Bertz CT molecular complexity index is 522. The van der Waals surface area contributed by atoms with E-state index >= 15 is 0 Å². The van der Waals surface area contributed by atoms with Gasteiger partial charge >= 0.3 is 0 Å². The van der Waals surface area contributed by atoms with Crippen LogP contribution < -0.4 is 11.1 Å². The highest BCUT2D eigenvalue weighted by atomic mass is 35.5. The first-order chi connectivity index (χ1) is 9.62. The number of primary amides is 1. The van der Waals surface area contributed by atoms with Crippen LogP contribution in [0.3, 0.4) is 0 Å². The summed E-state index contributed by atoms with van der Waals surface area (Å²) in [7, 11) is 0. The van der Waals surface area contributed by atoms with Gasteiger partial charge in [0.05, 0.1) is 0 Å². The number of nitrogens with two attached hydrogens (primary N) is 1. The zero-order valence-corrected chi connectivity index (χ0v) is 12.2. The summed E-state index contributed by atoms with van der Waals surface area (Å²) in [5.74, 6) is -0.258. The van der Waals surface area contributed by atoms with Gasteiger partial charge in [0.1, 0.15) is 5.54 Å². The number of piperidine rings is 1. The average molecular weight is 294 g/mol. The average Bonchev–Trinajstić information content (AvgIpc) is 2.79. The summed E-state index contributed by atoms with van der Waals surface area (Å²) in [6.07, 6.45) is 4.16. The summed E-state index contributed by atoms with van der Waals surface area (Å²) < 4.78 is 0. The molecule has 3 rings (SSSR count). The minimum atomic E-state index is -0.662. The molecule has 2 heterocycles. The van der Waals surface area contributed by atoms with E-state index in [1.165, 1.54) is 6.42 Å². The molecule has 0 aliphatic carbocycles. The second-order valence-corrected chi connectivity index (χ2v) is 6.20. The number of rotatable bonds is 3. The van der Waals surface area contributed by atoms with Crippen molar-refractivity contribution < 1.29 is 4.79 Å². The van der Waals surface area contributed by atoms with Gasteiger partial charge in [-0.2, -0.15) is 0 Å². The fraction of sp³-hybridized carbons (Fsp3) is 0.533. The molecule has 0 saturated carbocycles. The standard InChI is InChI=1S/C15H20ClN3O/c16-11-4-3-5-12(10-11)18-15(14(17)20)7-9-19-8-2-1-6-13(15)19/h3-5,10,13,18H,1-2,6-9H2,(H2,17,20). The van der Waals surface area contributed by atoms with E-state index in [4.69, 9.17) is 17.3 Å². The van der Waals surface area contributed by atoms with E-state index < -0.39 is 5.54 Å². The first-order valence-electron chi connectivity index (χ1n) is 7.19. The van der Waals surface area contributed by atoms with E-state index in [0.29, 0.717) is 5.02 Å². The van der Waals surface area contributed by atoms with Gasteiger partial charge in [0.25, 0.3) is 0 Å². The van der Waals surface area contributed by atoms with Crippen molar-refractivity contribution in [3.05, 3.63) is 29.3 Å². The van der Waals surface area contributed by atoms with Gasteiger partial charge in [-0.15, -0.1) is 0 Å². The van der Waals surface area contributed by atoms with Crippen LogP contribution in [0.25, 0.3) is 0 Å². The van der Waals surface area contributed by atoms with Gasteiger partial charge in [0.2, 0.25) is 5.91 Å². The van der Waals surface area contributed by atoms with Crippen molar-refractivity contribution in [1.29, 1.82) is 0 Å². The third-order valence-corrected chi connectivity index (χ3v) is 4.84. The molecule has 2 fully saturated rings. The van der Waals surface area contributed by atoms with Crippen LogP contribution in [0.1, 0.15) is 25.7 Å². The molecule has 3 N–H and O–H groups in total. The van der Waals surface area contributed by atoms with Gasteiger partial charge in [-0.3, -0.25) is 9.69 Å². The summed E-state index contributed by atoms with van der Waals surface area (Å²) in [6, 6.07) is 7.69. The molecule has 20 heavy (non-hydrogen) atoms. The Hall–Kier alpha value is -1.26. The second kappa shape index (κ2) is 5.26. The molecular formula is C15H20ClN3O. The molecule has 0 aromatic heterocycles. The van der Waals surface area contributed by atoms with E-state index in [1.54, 1.807) is 0 Å². The van der Waals surface area contributed by atoms with Crippen LogP contribution in [0.2, 0.25) is 5.02 Å². The number of carbonyl (C=O) groups is 1. The molecule has 0 spiro atoms. The number of carbonyl (C=O) groups excluding carboxylic acids is 1. The Morgan fingerprint density at radius 2 is 2.25 bits per heavy atom. The first-order valence-corrected chi connectivity index (χ1v) is 7.57. The lowest BCUT2D eigenvalue weighted by Crippen LogP contribution is -2.59. The fourth-order valence-electron chi connectivity index (χ4n) is 3.62. The largest absolute Gasteiger partial charge is 0.370 e. The maximum absolute atomic E-state index is 12.2. The fourth-order valence-corrected chi connectivity index (χ4v) is 3.81. The summed E-state index contributed by atoms with van der Waals surface area (Å²) in [5, 5.41) is 4.05. The van der Waals surface area contributed by atoms with Gasteiger partial charge in [-0.25, -0.2) is 0 Å². The van der Waals surface area contributed by atoms with Crippen LogP contribution >= 0.6 is 11.6 Å². The maximum atomic E-state index is 12.2. The number of anilines is 1. The van der Waals surface area contributed by atoms with E-state index in [0.717, 1.165) is 38.0 Å². The van der Waals surface area contributed by atoms with Crippen molar-refractivity contribution in [3.8, 4) is 0 Å². The predicted molar refractivity (Wildman–Crippen MR) is 80.8 cm³/mol. The van der Waals surface area contributed by atoms with E-state index in [1.807, 2.05) is 24.3 Å². The smallest absolute Gasteiger partial charge is 0.244 e. The van der Waals surface area contributed by atoms with Crippen LogP contribution in [0.5, 0.6) is 0 Å². The van der Waals surface area contributed by atoms with Gasteiger partial charge in [0.15, 0.2) is 0 Å². The third-order valence-electron chi connectivity index (χ3n) is 4.61. The van der Waals surface area contributed by atoms with Crippen LogP contribution in [0.15, 0.2) is 24.3 Å². The molecule has 0 radical (unpaired) electrons. The molecule has 2 atom stereocenters. The first kappa shape index (κ1) is 13.7. The molecule has 5 heteroatoms. The molecule has 2 aliphatic heterocycles. The maximum Gasteiger partial charge on any atom is 0.244 e. The van der Waals surface area contributed by atoms with Gasteiger partial charge in [-0.1, -0.05) is 24.1 Å². The van der Waals surface area contributed by atoms with Crippen LogP contribution in [0, 0.1) is 0 Å². The van der Waals surface area contributed by atoms with E-state index in [9.17, 15) is 4.79 Å². The Kier molecular flexibility index (Phi) is 3.61. The lowest BCUT2D eigenvalue weighted by molar-refractivity contribution is -0.123. The minimum absolute atomic E-state index is 0.202. The molecule has 4 nitrogen and oxygen atoms in total. The van der Waals surface area contributed by atoms with Crippen LogP contribution in [0.4, 0.5) is 5.69 Å². The van der Waals surface area contributed by atoms with Crippen molar-refractivity contribution in [3.63, 3.8) is 0 Å². The molecular weight excluding hydrogens is 274 g/mol. The zero-order valence-electron chi connectivity index (χ0n) is 11.4. The number of amides is 1. The number of nitrogens with zero attached hydrogens (tertiary/aromatic N) is 1. The monoisotopic (exact) mass is 293 g/mol. The van der Waals surface area contributed by atoms with E-state index in [-0.39, 0.29) is 11.9 Å². The normalized spacial score (nSPS) is 29.9. The highest BCUT2D eigenvalue weighted by Crippen LogP contribution is 2.37. The van der Waals surface area contributed by atoms with Crippen molar-refractivity contribution in [2.45, 2.75) is 37.3 Å². The van der Waals surface area contributed by atoms with Gasteiger partial charge in [-0.05, 0) is 44.0 Å². The number of hydrogen-bond donors (Lipinski definition) is 2. The number of halogens is 1. The molecule has 1 aromatic carbocycles. The summed E-state index contributed by atoms with van der Waals surface area (Å²) in [4.78, 5) is 14.6. The minimum Gasteiger partial charge on any atom is -0.370 e. The Labute approximate surface area is 124 Å². The molecule has 2 unspecified atom stereocenters. The number of benzene rings is 1. The summed E-state index contributed by atoms with van der Waals surface area (Å²) in [5.41, 5.74) is 5.97. The quantitative estimate of drug-likeness (QED) is 0.898. The van der Waals surface area contributed by atoms with Crippen LogP contribution in [-0.4, -0.2) is 35.5 Å². The van der Waals surface area contributed by atoms with Crippen molar-refractivity contribution >= 4 is 23.2 Å². The SMILES string of the molecule is NC(=O)C1(Nc2cccc(Cl)c2)CCN2CCCCC21. The molecule has 0 bridgehead atoms. The number of nitrogens with one attached hydrogen (secondary N) is 1. The Morgan fingerprint density at radius 3 is 3.00 bits per heavy atom. The lowest BCUT2D eigenvalue weighted by atomic mass is 9.84. The predicted octanol–water partition coefficient (Wildman–Crippen LogP) is 2.23. The highest BCUT2D eigenvalue weighted by molar-refractivity contribution is 6.30. The van der Waals surface area contributed by atoms with Crippen molar-refractivity contribution in [2.75, 3.05) is 18.4 Å². The second-order valence-electron chi connectivity index (χ2n) is 5.77. The van der Waals surface area contributed by atoms with Gasteiger partial charge < -0.3 is 11.1 Å². The third kappa shape index (κ3) is 2.27. The van der Waals surface area contributed by atoms with Gasteiger partial charge in [0, 0.05) is 23.3 Å². The number of fused-ring (bicyclic) bond motifs is 1. The molecule has 108 valence electrons. The highest BCUT2D eigenvalue weighted by Gasteiger charge is 2.52. The molecule has 1 aromatic rings. The summed E-state index contributed by atoms with van der Waals surface area (Å²) in [6.45, 7) is 2.00. The van der Waals surface area contributed by atoms with Crippen molar-refractivity contribution in [1.82, 2.24) is 4.90 Å². The van der Waals surface area contributed by atoms with E-state index in [2.05, 4.69) is 10.2 Å². The Balaban J connectivity index is 1.90. The topological polar surface area (TPSA) is 58.4 Å².